The minimum absolute atomic E-state index is 0.0211. The number of hydrogen-bond donors (Lipinski definition) is 9. The van der Waals surface area contributed by atoms with Gasteiger partial charge in [-0.25, -0.2) is 0 Å². The normalized spacial score (nSPS) is 12.9. The molecule has 0 heterocycles. The predicted molar refractivity (Wildman–Crippen MR) is 215 cm³/mol. The lowest BCUT2D eigenvalue weighted by molar-refractivity contribution is 0.0974. The number of carbonyl (C=O) groups excluding carboxylic acids is 2. The Hall–Kier alpha value is -8.06. The zero-order valence-electron chi connectivity index (χ0n) is 30.3. The molecule has 0 saturated carbocycles. The van der Waals surface area contributed by atoms with Crippen LogP contribution in [0.4, 0.5) is 0 Å². The summed E-state index contributed by atoms with van der Waals surface area (Å²) in [6.45, 7) is 5.20. The Balaban J connectivity index is 0.000000172. The Labute approximate surface area is 322 Å². The summed E-state index contributed by atoms with van der Waals surface area (Å²) in [7, 11) is 0. The average Bonchev–Trinajstić information content (AvgIpc) is 3.12. The Morgan fingerprint density at radius 1 is 0.310 bits per heavy atom. The first-order chi connectivity index (χ1) is 27.4. The van der Waals surface area contributed by atoms with Crippen LogP contribution in [0, 0.1) is 20.8 Å². The largest absolute Gasteiger partial charge is 0.508 e. The molecule has 10 aromatic rings. The molecule has 0 atom stereocenters. The molecule has 9 N–H and O–H groups in total. The van der Waals surface area contributed by atoms with Crippen LogP contribution in [0.5, 0.6) is 51.7 Å². The first-order valence-electron chi connectivity index (χ1n) is 17.7. The minimum Gasteiger partial charge on any atom is -0.508 e. The molecule has 0 unspecified atom stereocenters. The van der Waals surface area contributed by atoms with Gasteiger partial charge >= 0.3 is 0 Å². The summed E-state index contributed by atoms with van der Waals surface area (Å²) < 4.78 is 0. The molecule has 58 heavy (non-hydrogen) atoms. The Morgan fingerprint density at radius 2 is 0.655 bits per heavy atom. The third-order valence-corrected chi connectivity index (χ3v) is 11.5. The maximum atomic E-state index is 13.9. The second kappa shape index (κ2) is 10.8. The average molecular weight is 775 g/mol. The lowest BCUT2D eigenvalue weighted by Crippen LogP contribution is -2.21. The van der Waals surface area contributed by atoms with E-state index in [-0.39, 0.29) is 88.3 Å². The smallest absolute Gasteiger partial charge is 0.201 e. The number of carbonyl (C=O) groups is 2. The highest BCUT2D eigenvalue weighted by Crippen LogP contribution is 2.57. The second-order valence-corrected chi connectivity index (χ2v) is 14.9. The number of benzene rings is 10. The fourth-order valence-corrected chi connectivity index (χ4v) is 9.46. The zero-order valence-corrected chi connectivity index (χ0v) is 30.3. The fourth-order valence-electron chi connectivity index (χ4n) is 9.46. The summed E-state index contributed by atoms with van der Waals surface area (Å²) in [6, 6.07) is 9.87. The first-order valence-corrected chi connectivity index (χ1v) is 17.7. The number of ketones is 2. The molecule has 284 valence electrons. The van der Waals surface area contributed by atoms with Crippen LogP contribution < -0.4 is 10.9 Å². The first kappa shape index (κ1) is 34.4. The van der Waals surface area contributed by atoms with Crippen molar-refractivity contribution in [2.24, 2.45) is 0 Å². The van der Waals surface area contributed by atoms with E-state index in [2.05, 4.69) is 0 Å². The lowest BCUT2D eigenvalue weighted by atomic mass is 9.78. The summed E-state index contributed by atoms with van der Waals surface area (Å²) in [6.07, 6.45) is 0. The lowest BCUT2D eigenvalue weighted by Gasteiger charge is -2.25. The van der Waals surface area contributed by atoms with Crippen molar-refractivity contribution in [3.63, 3.8) is 0 Å². The van der Waals surface area contributed by atoms with Crippen molar-refractivity contribution in [3.8, 4) is 51.7 Å². The zero-order chi connectivity index (χ0) is 41.3. The van der Waals surface area contributed by atoms with E-state index in [0.717, 1.165) is 24.3 Å². The summed E-state index contributed by atoms with van der Waals surface area (Å²) in [5, 5.41) is 97.6. The molecule has 0 aliphatic heterocycles. The standard InChI is InChI=1S/C30H16O8.C15H10O5/c1-7-3-9(31)19-23-15(7)16-8(2)4-10(32)20-24(16)28-26-18(12(34)6-14(36)22(26)30(20)38)17-11(33)5-13(35)21(29(19)37)25(17)27(23)28;1-6-2-8-12(10(17)3-6)15(20)13-9(14(8)19)4-7(16)5-11(13)18/h3-6,31-36H,1-2H3;2-5,16-18H,1H3. The van der Waals surface area contributed by atoms with E-state index in [0.29, 0.717) is 49.0 Å². The molecule has 10 aromatic carbocycles. The van der Waals surface area contributed by atoms with Gasteiger partial charge in [0, 0.05) is 72.4 Å². The van der Waals surface area contributed by atoms with Gasteiger partial charge in [0.05, 0.1) is 32.7 Å². The molecule has 13 nitrogen and oxygen atoms in total. The van der Waals surface area contributed by atoms with Crippen molar-refractivity contribution in [3.05, 3.63) is 108 Å². The van der Waals surface area contributed by atoms with Crippen LogP contribution >= 0.6 is 0 Å². The van der Waals surface area contributed by atoms with E-state index in [1.54, 1.807) is 20.8 Å². The highest BCUT2D eigenvalue weighted by molar-refractivity contribution is 6.51. The van der Waals surface area contributed by atoms with Gasteiger partial charge in [-0.15, -0.1) is 0 Å². The number of aryl methyl sites for hydroxylation is 3. The third-order valence-electron chi connectivity index (χ3n) is 11.5. The van der Waals surface area contributed by atoms with Crippen LogP contribution in [-0.2, 0) is 0 Å². The van der Waals surface area contributed by atoms with Gasteiger partial charge in [0.15, 0.2) is 5.78 Å². The maximum absolute atomic E-state index is 13.9. The topological polar surface area (TPSA) is 250 Å². The number of hydrogen-bond acceptors (Lipinski definition) is 13. The molecule has 0 amide bonds. The van der Waals surface area contributed by atoms with Gasteiger partial charge < -0.3 is 46.0 Å². The molecule has 11 rings (SSSR count). The molecule has 13 heteroatoms. The molecule has 0 aromatic heterocycles. The van der Waals surface area contributed by atoms with E-state index < -0.39 is 51.2 Å². The molecule has 1 aliphatic rings. The van der Waals surface area contributed by atoms with Crippen molar-refractivity contribution < 1.29 is 55.5 Å². The van der Waals surface area contributed by atoms with Gasteiger partial charge in [0.1, 0.15) is 51.7 Å². The van der Waals surface area contributed by atoms with Crippen molar-refractivity contribution in [1.29, 1.82) is 0 Å². The van der Waals surface area contributed by atoms with Gasteiger partial charge in [0.25, 0.3) is 0 Å². The number of phenols is 9. The highest BCUT2D eigenvalue weighted by atomic mass is 16.3. The van der Waals surface area contributed by atoms with Crippen molar-refractivity contribution in [2.45, 2.75) is 20.8 Å². The van der Waals surface area contributed by atoms with E-state index in [1.165, 1.54) is 24.3 Å². The quantitative estimate of drug-likeness (QED) is 0.0558. The second-order valence-electron chi connectivity index (χ2n) is 14.9. The SMILES string of the molecule is Cc1cc(O)c2c(=O)c3c(O)cc(O)c4c5c(O)cc(O)c6c(=O)c7c(O)cc(C)c8c1c2c(c34)c(c78)c65.Cc1cc(O)c2c(c1)C(=O)c1cc(O)cc(O)c1C2=O. The molecule has 0 bridgehead atoms. The minimum atomic E-state index is -0.661. The summed E-state index contributed by atoms with van der Waals surface area (Å²) in [5.41, 5.74) is 0.220. The molecule has 0 spiro atoms. The summed E-state index contributed by atoms with van der Waals surface area (Å²) in [5.74, 6) is -4.74. The number of rotatable bonds is 0. The maximum Gasteiger partial charge on any atom is 0.201 e. The summed E-state index contributed by atoms with van der Waals surface area (Å²) in [4.78, 5) is 52.6. The third kappa shape index (κ3) is 3.93. The Kier molecular flexibility index (Phi) is 6.43. The van der Waals surface area contributed by atoms with E-state index in [9.17, 15) is 65.1 Å². The predicted octanol–water partition coefficient (Wildman–Crippen LogP) is 6.97. The molecule has 0 saturated heterocycles. The van der Waals surface area contributed by atoms with Crippen LogP contribution in [0.2, 0.25) is 0 Å². The van der Waals surface area contributed by atoms with Crippen molar-refractivity contribution in [2.75, 3.05) is 0 Å². The van der Waals surface area contributed by atoms with Gasteiger partial charge in [-0.2, -0.15) is 0 Å². The van der Waals surface area contributed by atoms with E-state index >= 15 is 0 Å². The number of fused-ring (bicyclic) bond motifs is 4. The van der Waals surface area contributed by atoms with Crippen LogP contribution in [0.3, 0.4) is 0 Å². The van der Waals surface area contributed by atoms with E-state index in [1.807, 2.05) is 0 Å². The molecular formula is C45H26O13. The Bertz CT molecular complexity index is 3310. The van der Waals surface area contributed by atoms with Gasteiger partial charge in [0.2, 0.25) is 16.6 Å². The molecule has 1 aliphatic carbocycles. The number of phenolic OH excluding ortho intramolecular Hbond substituents is 9. The van der Waals surface area contributed by atoms with Crippen LogP contribution in [0.1, 0.15) is 48.5 Å². The Morgan fingerprint density at radius 3 is 1.10 bits per heavy atom. The van der Waals surface area contributed by atoms with Crippen molar-refractivity contribution in [1.82, 2.24) is 0 Å². The van der Waals surface area contributed by atoms with Crippen LogP contribution in [0.25, 0.3) is 75.4 Å². The van der Waals surface area contributed by atoms with Crippen LogP contribution in [-0.4, -0.2) is 57.5 Å². The summed E-state index contributed by atoms with van der Waals surface area (Å²) >= 11 is 0. The van der Waals surface area contributed by atoms with Gasteiger partial charge in [-0.1, -0.05) is 0 Å². The highest BCUT2D eigenvalue weighted by Gasteiger charge is 2.36. The number of aromatic hydroxyl groups is 9. The van der Waals surface area contributed by atoms with Gasteiger partial charge in [-0.3, -0.25) is 19.2 Å². The van der Waals surface area contributed by atoms with Crippen LogP contribution in [0.15, 0.2) is 58.1 Å². The van der Waals surface area contributed by atoms with E-state index in [4.69, 9.17) is 0 Å². The van der Waals surface area contributed by atoms with Gasteiger partial charge in [-0.05, 0) is 78.6 Å². The molecular weight excluding hydrogens is 748 g/mol. The fraction of sp³-hybridized carbons (Fsp3) is 0.0667. The monoisotopic (exact) mass is 774 g/mol. The van der Waals surface area contributed by atoms with Crippen molar-refractivity contribution >= 4 is 87.0 Å². The molecule has 0 radical (unpaired) electrons. The molecule has 0 fully saturated rings.